The van der Waals surface area contributed by atoms with Crippen LogP contribution in [0.3, 0.4) is 0 Å². The van der Waals surface area contributed by atoms with Crippen molar-refractivity contribution in [2.24, 2.45) is 0 Å². The van der Waals surface area contributed by atoms with Gasteiger partial charge in [-0.1, -0.05) is 41.9 Å². The van der Waals surface area contributed by atoms with E-state index in [1.807, 2.05) is 30.3 Å². The van der Waals surface area contributed by atoms with Gasteiger partial charge in [0.15, 0.2) is 5.58 Å². The van der Waals surface area contributed by atoms with E-state index in [-0.39, 0.29) is 12.3 Å². The van der Waals surface area contributed by atoms with E-state index >= 15 is 0 Å². The molecular weight excluding hydrogens is 278 g/mol. The summed E-state index contributed by atoms with van der Waals surface area (Å²) in [6.45, 7) is 0. The summed E-state index contributed by atoms with van der Waals surface area (Å²) in [5.74, 6) is -1.04. The van der Waals surface area contributed by atoms with Crippen LogP contribution in [-0.4, -0.2) is 10.5 Å². The summed E-state index contributed by atoms with van der Waals surface area (Å²) in [6.07, 6.45) is 0.127. The topological polar surface area (TPSA) is 52.2 Å². The maximum absolute atomic E-state index is 12.3. The van der Waals surface area contributed by atoms with E-state index < -0.39 is 5.76 Å². The number of benzene rings is 2. The molecule has 3 rings (SSSR count). The highest BCUT2D eigenvalue weighted by Crippen LogP contribution is 2.18. The first-order chi connectivity index (χ1) is 9.65. The van der Waals surface area contributed by atoms with Crippen LogP contribution in [0.1, 0.15) is 10.4 Å². The van der Waals surface area contributed by atoms with Crippen LogP contribution in [-0.2, 0) is 6.42 Å². The molecule has 0 saturated carbocycles. The summed E-state index contributed by atoms with van der Waals surface area (Å²) in [6, 6.07) is 13.9. The van der Waals surface area contributed by atoms with Gasteiger partial charge in [-0.3, -0.25) is 4.79 Å². The standard InChI is InChI=1S/C15H10ClNO3/c16-11-6-7-13-12(9-11)17(15(19)20-13)14(18)8-10-4-2-1-3-5-10/h1-7,9H,8H2. The first-order valence-corrected chi connectivity index (χ1v) is 6.41. The number of hydrogen-bond donors (Lipinski definition) is 0. The quantitative estimate of drug-likeness (QED) is 0.727. The Kier molecular flexibility index (Phi) is 3.16. The fourth-order valence-electron chi connectivity index (χ4n) is 2.08. The van der Waals surface area contributed by atoms with Crippen molar-refractivity contribution in [3.63, 3.8) is 0 Å². The van der Waals surface area contributed by atoms with Crippen LogP contribution >= 0.6 is 11.6 Å². The number of carbonyl (C=O) groups is 1. The molecule has 1 heterocycles. The third-order valence-corrected chi connectivity index (χ3v) is 3.22. The molecule has 0 unspecified atom stereocenters. The molecule has 100 valence electrons. The molecule has 0 saturated heterocycles. The smallest absolute Gasteiger partial charge is 0.407 e. The maximum Gasteiger partial charge on any atom is 0.426 e. The minimum absolute atomic E-state index is 0.127. The largest absolute Gasteiger partial charge is 0.426 e. The van der Waals surface area contributed by atoms with Crippen LogP contribution in [0.15, 0.2) is 57.7 Å². The zero-order valence-electron chi connectivity index (χ0n) is 10.4. The fourth-order valence-corrected chi connectivity index (χ4v) is 2.24. The van der Waals surface area contributed by atoms with Crippen molar-refractivity contribution in [3.8, 4) is 0 Å². The Morgan fingerprint density at radius 2 is 1.90 bits per heavy atom. The van der Waals surface area contributed by atoms with Gasteiger partial charge in [0.25, 0.3) is 0 Å². The average molecular weight is 288 g/mol. The molecule has 0 bridgehead atoms. The van der Waals surface area contributed by atoms with Gasteiger partial charge in [0, 0.05) is 5.02 Å². The van der Waals surface area contributed by atoms with E-state index in [9.17, 15) is 9.59 Å². The second-order valence-electron chi connectivity index (χ2n) is 4.37. The Morgan fingerprint density at radius 3 is 2.65 bits per heavy atom. The summed E-state index contributed by atoms with van der Waals surface area (Å²) in [4.78, 5) is 24.1. The van der Waals surface area contributed by atoms with E-state index in [0.717, 1.165) is 10.1 Å². The Balaban J connectivity index is 2.05. The van der Waals surface area contributed by atoms with E-state index in [1.54, 1.807) is 18.2 Å². The molecule has 0 spiro atoms. The minimum atomic E-state index is -0.691. The van der Waals surface area contributed by atoms with E-state index in [4.69, 9.17) is 16.0 Å². The second-order valence-corrected chi connectivity index (χ2v) is 4.81. The first kappa shape index (κ1) is 12.7. The Labute approximate surface area is 119 Å². The van der Waals surface area contributed by atoms with Crippen LogP contribution < -0.4 is 5.76 Å². The minimum Gasteiger partial charge on any atom is -0.407 e. The highest BCUT2D eigenvalue weighted by Gasteiger charge is 2.16. The summed E-state index contributed by atoms with van der Waals surface area (Å²) in [5, 5.41) is 0.444. The van der Waals surface area contributed by atoms with Crippen molar-refractivity contribution in [1.82, 2.24) is 4.57 Å². The molecule has 2 aromatic carbocycles. The monoisotopic (exact) mass is 287 g/mol. The predicted octanol–water partition coefficient (Wildman–Crippen LogP) is 3.13. The lowest BCUT2D eigenvalue weighted by Crippen LogP contribution is -2.24. The molecule has 20 heavy (non-hydrogen) atoms. The van der Waals surface area contributed by atoms with Crippen molar-refractivity contribution >= 4 is 28.6 Å². The van der Waals surface area contributed by atoms with Crippen LogP contribution in [0, 0.1) is 0 Å². The summed E-state index contributed by atoms with van der Waals surface area (Å²) in [5.41, 5.74) is 1.57. The molecule has 1 aromatic heterocycles. The van der Waals surface area contributed by atoms with Crippen molar-refractivity contribution in [2.75, 3.05) is 0 Å². The van der Waals surface area contributed by atoms with Crippen LogP contribution in [0.4, 0.5) is 0 Å². The molecule has 0 atom stereocenters. The molecule has 0 radical (unpaired) electrons. The van der Waals surface area contributed by atoms with Gasteiger partial charge in [-0.25, -0.2) is 9.36 Å². The highest BCUT2D eigenvalue weighted by molar-refractivity contribution is 6.31. The van der Waals surface area contributed by atoms with Gasteiger partial charge in [-0.2, -0.15) is 0 Å². The zero-order valence-corrected chi connectivity index (χ0v) is 11.1. The number of aromatic nitrogens is 1. The number of fused-ring (bicyclic) bond motifs is 1. The zero-order chi connectivity index (χ0) is 14.1. The van der Waals surface area contributed by atoms with Crippen LogP contribution in [0.2, 0.25) is 5.02 Å². The third kappa shape index (κ3) is 2.26. The molecule has 0 aliphatic heterocycles. The molecule has 0 fully saturated rings. The van der Waals surface area contributed by atoms with Gasteiger partial charge in [0.1, 0.15) is 0 Å². The number of carbonyl (C=O) groups excluding carboxylic acids is 1. The lowest BCUT2D eigenvalue weighted by molar-refractivity contribution is 0.0910. The second kappa shape index (κ2) is 4.98. The summed E-state index contributed by atoms with van der Waals surface area (Å²) >= 11 is 5.90. The number of nitrogens with zero attached hydrogens (tertiary/aromatic N) is 1. The van der Waals surface area contributed by atoms with Gasteiger partial charge in [0.2, 0.25) is 5.91 Å². The molecule has 3 aromatic rings. The number of halogens is 1. The normalized spacial score (nSPS) is 10.8. The SMILES string of the molecule is O=C(Cc1ccccc1)n1c(=O)oc2ccc(Cl)cc21. The first-order valence-electron chi connectivity index (χ1n) is 6.03. The summed E-state index contributed by atoms with van der Waals surface area (Å²) in [7, 11) is 0. The van der Waals surface area contributed by atoms with Crippen LogP contribution in [0.5, 0.6) is 0 Å². The Hall–Kier alpha value is -2.33. The lowest BCUT2D eigenvalue weighted by atomic mass is 10.1. The van der Waals surface area contributed by atoms with Crippen molar-refractivity contribution in [3.05, 3.63) is 69.7 Å². The molecule has 0 N–H and O–H groups in total. The van der Waals surface area contributed by atoms with Crippen molar-refractivity contribution < 1.29 is 9.21 Å². The average Bonchev–Trinajstić information content (AvgIpc) is 2.75. The predicted molar refractivity (Wildman–Crippen MR) is 76.3 cm³/mol. The van der Waals surface area contributed by atoms with E-state index in [1.165, 1.54) is 0 Å². The molecule has 5 heteroatoms. The number of oxazole rings is 1. The highest BCUT2D eigenvalue weighted by atomic mass is 35.5. The van der Waals surface area contributed by atoms with Crippen molar-refractivity contribution in [1.29, 1.82) is 0 Å². The van der Waals surface area contributed by atoms with E-state index in [2.05, 4.69) is 0 Å². The van der Waals surface area contributed by atoms with Gasteiger partial charge < -0.3 is 4.42 Å². The summed E-state index contributed by atoms with van der Waals surface area (Å²) < 4.78 is 6.06. The molecule has 0 aliphatic rings. The van der Waals surface area contributed by atoms with Crippen LogP contribution in [0.25, 0.3) is 11.1 Å². The third-order valence-electron chi connectivity index (χ3n) is 2.99. The lowest BCUT2D eigenvalue weighted by Gasteiger charge is -2.01. The molecular formula is C15H10ClNO3. The molecule has 0 aliphatic carbocycles. The van der Waals surface area contributed by atoms with Gasteiger partial charge in [0.05, 0.1) is 11.9 Å². The van der Waals surface area contributed by atoms with E-state index in [0.29, 0.717) is 16.1 Å². The maximum atomic E-state index is 12.3. The molecule has 0 amide bonds. The van der Waals surface area contributed by atoms with Gasteiger partial charge >= 0.3 is 5.76 Å². The fraction of sp³-hybridized carbons (Fsp3) is 0.0667. The van der Waals surface area contributed by atoms with Crippen molar-refractivity contribution in [2.45, 2.75) is 6.42 Å². The number of hydrogen-bond acceptors (Lipinski definition) is 3. The Morgan fingerprint density at radius 1 is 1.15 bits per heavy atom. The molecule has 4 nitrogen and oxygen atoms in total. The van der Waals surface area contributed by atoms with Gasteiger partial charge in [-0.15, -0.1) is 0 Å². The number of rotatable bonds is 2. The Bertz CT molecular complexity index is 833. The van der Waals surface area contributed by atoms with Gasteiger partial charge in [-0.05, 0) is 23.8 Å².